The largest absolute Gasteiger partial charge is 0.478 e. The molecule has 0 aliphatic rings. The molecule has 134 valence electrons. The zero-order chi connectivity index (χ0) is 18.8. The Morgan fingerprint density at radius 1 is 1.15 bits per heavy atom. The van der Waals surface area contributed by atoms with Crippen LogP contribution >= 0.6 is 0 Å². The van der Waals surface area contributed by atoms with Gasteiger partial charge in [0.2, 0.25) is 0 Å². The Balaban J connectivity index is 1.85. The first-order valence-corrected chi connectivity index (χ1v) is 8.46. The highest BCUT2D eigenvalue weighted by molar-refractivity contribution is 5.97. The molecule has 2 N–H and O–H groups in total. The molecule has 0 aliphatic carbocycles. The third kappa shape index (κ3) is 3.44. The highest BCUT2D eigenvalue weighted by Gasteiger charge is 2.15. The van der Waals surface area contributed by atoms with Gasteiger partial charge in [-0.2, -0.15) is 0 Å². The van der Waals surface area contributed by atoms with E-state index in [0.717, 1.165) is 22.4 Å². The molecule has 26 heavy (non-hydrogen) atoms. The second-order valence-electron chi connectivity index (χ2n) is 6.56. The van der Waals surface area contributed by atoms with Crippen molar-refractivity contribution < 1.29 is 14.7 Å². The van der Waals surface area contributed by atoms with E-state index in [1.807, 2.05) is 24.3 Å². The fourth-order valence-electron chi connectivity index (χ4n) is 3.09. The Bertz CT molecular complexity index is 989. The minimum absolute atomic E-state index is 0.101. The molecule has 0 atom stereocenters. The number of aromatic carboxylic acids is 1. The summed E-state index contributed by atoms with van der Waals surface area (Å²) < 4.78 is 2.09. The van der Waals surface area contributed by atoms with Gasteiger partial charge in [0.05, 0.1) is 23.1 Å². The molecular formula is C20H21N3O3. The molecule has 3 rings (SSSR count). The maximum absolute atomic E-state index is 12.5. The summed E-state index contributed by atoms with van der Waals surface area (Å²) in [4.78, 5) is 28.3. The van der Waals surface area contributed by atoms with Crippen LogP contribution in [0.1, 0.15) is 52.0 Å². The van der Waals surface area contributed by atoms with Crippen molar-refractivity contribution in [3.05, 3.63) is 65.0 Å². The summed E-state index contributed by atoms with van der Waals surface area (Å²) in [5.74, 6) is -0.608. The first kappa shape index (κ1) is 17.7. The zero-order valence-corrected chi connectivity index (χ0v) is 15.0. The number of aryl methyl sites for hydroxylation is 1. The van der Waals surface area contributed by atoms with E-state index < -0.39 is 5.97 Å². The van der Waals surface area contributed by atoms with E-state index in [9.17, 15) is 9.59 Å². The van der Waals surface area contributed by atoms with E-state index in [-0.39, 0.29) is 24.1 Å². The number of carboxylic acids is 1. The van der Waals surface area contributed by atoms with Crippen molar-refractivity contribution in [1.29, 1.82) is 0 Å². The number of nitrogens with one attached hydrogen (secondary N) is 1. The van der Waals surface area contributed by atoms with Crippen LogP contribution in [0, 0.1) is 6.92 Å². The molecule has 3 aromatic rings. The Labute approximate surface area is 151 Å². The van der Waals surface area contributed by atoms with Gasteiger partial charge in [0, 0.05) is 11.6 Å². The van der Waals surface area contributed by atoms with Gasteiger partial charge in [-0.25, -0.2) is 9.78 Å². The predicted octanol–water partition coefficient (Wildman–Crippen LogP) is 3.55. The first-order chi connectivity index (χ1) is 12.4. The second-order valence-corrected chi connectivity index (χ2v) is 6.56. The molecule has 0 saturated heterocycles. The van der Waals surface area contributed by atoms with Crippen molar-refractivity contribution in [3.63, 3.8) is 0 Å². The van der Waals surface area contributed by atoms with Gasteiger partial charge in [-0.15, -0.1) is 0 Å². The molecule has 0 spiro atoms. The summed E-state index contributed by atoms with van der Waals surface area (Å²) in [6.45, 7) is 6.17. The first-order valence-electron chi connectivity index (χ1n) is 8.46. The molecule has 1 aromatic heterocycles. The lowest BCUT2D eigenvalue weighted by atomic mass is 10.1. The second kappa shape index (κ2) is 7.00. The monoisotopic (exact) mass is 351 g/mol. The Hall–Kier alpha value is -3.15. The molecule has 0 fully saturated rings. The minimum atomic E-state index is -1.05. The average Bonchev–Trinajstić information content (AvgIpc) is 2.97. The fourth-order valence-corrected chi connectivity index (χ4v) is 3.09. The van der Waals surface area contributed by atoms with E-state index >= 15 is 0 Å². The number of hydrogen-bond donors (Lipinski definition) is 2. The number of benzene rings is 2. The molecule has 0 radical (unpaired) electrons. The molecule has 1 amide bonds. The molecule has 6 nitrogen and oxygen atoms in total. The number of carboxylic acid groups (broad SMARTS) is 1. The lowest BCUT2D eigenvalue weighted by Gasteiger charge is -2.14. The standard InChI is InChI=1S/C20H21N3O3/c1-12(2)23-17-7-5-4-6-16(17)22-18(23)11-21-19(24)14-8-13(3)9-15(10-14)20(25)26/h4-10,12H,11H2,1-3H3,(H,21,24)(H,25,26). The minimum Gasteiger partial charge on any atom is -0.478 e. The van der Waals surface area contributed by atoms with Gasteiger partial charge in [0.1, 0.15) is 5.82 Å². The summed E-state index contributed by atoms with van der Waals surface area (Å²) in [6.07, 6.45) is 0. The van der Waals surface area contributed by atoms with Gasteiger partial charge in [0.15, 0.2) is 0 Å². The topological polar surface area (TPSA) is 84.2 Å². The molecule has 0 saturated carbocycles. The molecular weight excluding hydrogens is 330 g/mol. The van der Waals surface area contributed by atoms with Crippen LogP contribution in [0.3, 0.4) is 0 Å². The van der Waals surface area contributed by atoms with Crippen LogP contribution in [0.4, 0.5) is 0 Å². The van der Waals surface area contributed by atoms with Gasteiger partial charge in [-0.05, 0) is 56.7 Å². The molecule has 2 aromatic carbocycles. The van der Waals surface area contributed by atoms with Gasteiger partial charge >= 0.3 is 5.97 Å². The van der Waals surface area contributed by atoms with Gasteiger partial charge in [-0.1, -0.05) is 12.1 Å². The number of aromatic nitrogens is 2. The highest BCUT2D eigenvalue weighted by Crippen LogP contribution is 2.21. The van der Waals surface area contributed by atoms with Crippen LogP contribution in [0.25, 0.3) is 11.0 Å². The number of carbonyl (C=O) groups excluding carboxylic acids is 1. The molecule has 0 unspecified atom stereocenters. The average molecular weight is 351 g/mol. The van der Waals surface area contributed by atoms with Crippen LogP contribution in [-0.4, -0.2) is 26.5 Å². The molecule has 6 heteroatoms. The quantitative estimate of drug-likeness (QED) is 0.736. The Morgan fingerprint density at radius 2 is 1.85 bits per heavy atom. The van der Waals surface area contributed by atoms with Crippen LogP contribution in [0.2, 0.25) is 0 Å². The molecule has 1 heterocycles. The summed E-state index contributed by atoms with van der Waals surface area (Å²) >= 11 is 0. The van der Waals surface area contributed by atoms with E-state index in [1.54, 1.807) is 13.0 Å². The van der Waals surface area contributed by atoms with Crippen LogP contribution in [-0.2, 0) is 6.54 Å². The molecule has 0 bridgehead atoms. The number of para-hydroxylation sites is 2. The number of nitrogens with zero attached hydrogens (tertiary/aromatic N) is 2. The SMILES string of the molecule is Cc1cc(C(=O)O)cc(C(=O)NCc2nc3ccccc3n2C(C)C)c1. The van der Waals surface area contributed by atoms with Crippen molar-refractivity contribution in [2.45, 2.75) is 33.4 Å². The van der Waals surface area contributed by atoms with Gasteiger partial charge in [-0.3, -0.25) is 4.79 Å². The van der Waals surface area contributed by atoms with Crippen LogP contribution in [0.5, 0.6) is 0 Å². The number of amides is 1. The number of hydrogen-bond acceptors (Lipinski definition) is 3. The lowest BCUT2D eigenvalue weighted by Crippen LogP contribution is -2.25. The zero-order valence-electron chi connectivity index (χ0n) is 15.0. The van der Waals surface area contributed by atoms with Gasteiger partial charge < -0.3 is 15.0 Å². The highest BCUT2D eigenvalue weighted by atomic mass is 16.4. The Kier molecular flexibility index (Phi) is 4.75. The van der Waals surface area contributed by atoms with Crippen molar-refractivity contribution in [2.24, 2.45) is 0 Å². The summed E-state index contributed by atoms with van der Waals surface area (Å²) in [5, 5.41) is 12.0. The van der Waals surface area contributed by atoms with Crippen molar-refractivity contribution in [3.8, 4) is 0 Å². The third-order valence-electron chi connectivity index (χ3n) is 4.18. The smallest absolute Gasteiger partial charge is 0.335 e. The van der Waals surface area contributed by atoms with Crippen LogP contribution in [0.15, 0.2) is 42.5 Å². The van der Waals surface area contributed by atoms with Crippen molar-refractivity contribution in [2.75, 3.05) is 0 Å². The van der Waals surface area contributed by atoms with Crippen molar-refractivity contribution in [1.82, 2.24) is 14.9 Å². The summed E-state index contributed by atoms with van der Waals surface area (Å²) in [6, 6.07) is 12.6. The third-order valence-corrected chi connectivity index (χ3v) is 4.18. The number of imidazole rings is 1. The fraction of sp³-hybridized carbons (Fsp3) is 0.250. The maximum atomic E-state index is 12.5. The maximum Gasteiger partial charge on any atom is 0.335 e. The normalized spacial score (nSPS) is 11.1. The molecule has 0 aliphatic heterocycles. The van der Waals surface area contributed by atoms with E-state index in [4.69, 9.17) is 5.11 Å². The predicted molar refractivity (Wildman–Crippen MR) is 99.4 cm³/mol. The van der Waals surface area contributed by atoms with E-state index in [1.165, 1.54) is 12.1 Å². The summed E-state index contributed by atoms with van der Waals surface area (Å²) in [5.41, 5.74) is 3.06. The summed E-state index contributed by atoms with van der Waals surface area (Å²) in [7, 11) is 0. The number of fused-ring (bicyclic) bond motifs is 1. The van der Waals surface area contributed by atoms with E-state index in [0.29, 0.717) is 5.56 Å². The van der Waals surface area contributed by atoms with Gasteiger partial charge in [0.25, 0.3) is 5.91 Å². The van der Waals surface area contributed by atoms with E-state index in [2.05, 4.69) is 28.7 Å². The number of rotatable bonds is 5. The lowest BCUT2D eigenvalue weighted by molar-refractivity contribution is 0.0696. The number of carbonyl (C=O) groups is 2. The Morgan fingerprint density at radius 3 is 2.54 bits per heavy atom. The van der Waals surface area contributed by atoms with Crippen molar-refractivity contribution >= 4 is 22.9 Å². The van der Waals surface area contributed by atoms with Crippen LogP contribution < -0.4 is 5.32 Å².